The molecule has 0 saturated heterocycles. The maximum Gasteiger partial charge on any atom is 0.169 e. The van der Waals surface area contributed by atoms with E-state index in [0.717, 1.165) is 12.8 Å². The number of hydrogen-bond acceptors (Lipinski definition) is 6. The number of anilines is 2. The van der Waals surface area contributed by atoms with Gasteiger partial charge in [-0.15, -0.1) is 0 Å². The summed E-state index contributed by atoms with van der Waals surface area (Å²) in [6.45, 7) is 2.07. The Labute approximate surface area is 132 Å². The van der Waals surface area contributed by atoms with Crippen LogP contribution < -0.4 is 16.6 Å². The molecule has 122 valence electrons. The SMILES string of the molecule is C.Cc1ncc(N)c(N(C)N)n1.OCCCc1ccccc1. The second kappa shape index (κ2) is 10.5. The van der Waals surface area contributed by atoms with E-state index in [-0.39, 0.29) is 14.0 Å². The van der Waals surface area contributed by atoms with Crippen LogP contribution in [0, 0.1) is 6.92 Å². The molecule has 6 heteroatoms. The summed E-state index contributed by atoms with van der Waals surface area (Å²) in [5, 5.41) is 9.89. The lowest BCUT2D eigenvalue weighted by atomic mass is 10.1. The lowest BCUT2D eigenvalue weighted by molar-refractivity contribution is 0.288. The van der Waals surface area contributed by atoms with Crippen molar-refractivity contribution >= 4 is 11.5 Å². The van der Waals surface area contributed by atoms with Crippen molar-refractivity contribution in [3.05, 3.63) is 47.9 Å². The van der Waals surface area contributed by atoms with Gasteiger partial charge in [0.1, 0.15) is 5.82 Å². The third-order valence-corrected chi connectivity index (χ3v) is 2.72. The normalized spacial score (nSPS) is 9.27. The highest BCUT2D eigenvalue weighted by Gasteiger charge is 2.03. The van der Waals surface area contributed by atoms with Crippen LogP contribution in [0.15, 0.2) is 36.5 Å². The molecule has 0 unspecified atom stereocenters. The number of nitrogens with two attached hydrogens (primary N) is 2. The van der Waals surface area contributed by atoms with E-state index < -0.39 is 0 Å². The second-order valence-electron chi connectivity index (χ2n) is 4.62. The zero-order chi connectivity index (χ0) is 15.7. The fourth-order valence-electron chi connectivity index (χ4n) is 1.68. The summed E-state index contributed by atoms with van der Waals surface area (Å²) in [6.07, 6.45) is 3.39. The fraction of sp³-hybridized carbons (Fsp3) is 0.375. The highest BCUT2D eigenvalue weighted by Crippen LogP contribution is 2.14. The molecule has 0 bridgehead atoms. The molecule has 6 nitrogen and oxygen atoms in total. The van der Waals surface area contributed by atoms with Crippen LogP contribution in [0.4, 0.5) is 11.5 Å². The summed E-state index contributed by atoms with van der Waals surface area (Å²) in [5.74, 6) is 6.66. The first-order valence-electron chi connectivity index (χ1n) is 6.77. The van der Waals surface area contributed by atoms with Crippen LogP contribution in [0.3, 0.4) is 0 Å². The molecule has 0 spiro atoms. The predicted molar refractivity (Wildman–Crippen MR) is 92.4 cm³/mol. The molecule has 0 aliphatic rings. The first-order chi connectivity index (χ1) is 10.0. The summed E-state index contributed by atoms with van der Waals surface area (Å²) >= 11 is 0. The summed E-state index contributed by atoms with van der Waals surface area (Å²) in [6, 6.07) is 10.2. The third-order valence-electron chi connectivity index (χ3n) is 2.72. The van der Waals surface area contributed by atoms with Gasteiger partial charge in [-0.25, -0.2) is 15.8 Å². The maximum absolute atomic E-state index is 8.53. The second-order valence-corrected chi connectivity index (χ2v) is 4.62. The molecule has 1 heterocycles. The standard InChI is InChI=1S/C9H12O.C6H11N5.CH4/c10-8-4-7-9-5-2-1-3-6-9;1-4-9-3-5(7)6(10-4)11(2)8;/h1-3,5-6,10H,4,7-8H2;3H,7-8H2,1-2H3;1H4. The smallest absolute Gasteiger partial charge is 0.169 e. The topological polar surface area (TPSA) is 101 Å². The summed E-state index contributed by atoms with van der Waals surface area (Å²) in [5.41, 5.74) is 7.33. The molecular weight excluding hydrogens is 278 g/mol. The van der Waals surface area contributed by atoms with E-state index in [1.165, 1.54) is 10.6 Å². The number of aryl methyl sites for hydroxylation is 2. The molecule has 0 atom stereocenters. The van der Waals surface area contributed by atoms with Gasteiger partial charge in [0.25, 0.3) is 0 Å². The van der Waals surface area contributed by atoms with E-state index in [2.05, 4.69) is 22.1 Å². The first-order valence-corrected chi connectivity index (χ1v) is 6.77. The molecule has 0 aliphatic carbocycles. The Bertz CT molecular complexity index is 531. The van der Waals surface area contributed by atoms with Gasteiger partial charge in [-0.3, -0.25) is 5.01 Å². The number of aliphatic hydroxyl groups excluding tert-OH is 1. The highest BCUT2D eigenvalue weighted by atomic mass is 16.2. The van der Waals surface area contributed by atoms with Crippen LogP contribution in [-0.2, 0) is 6.42 Å². The molecule has 22 heavy (non-hydrogen) atoms. The summed E-state index contributed by atoms with van der Waals surface area (Å²) in [7, 11) is 1.68. The fourth-order valence-corrected chi connectivity index (χ4v) is 1.68. The van der Waals surface area contributed by atoms with Gasteiger partial charge in [-0.05, 0) is 25.3 Å². The molecule has 1 aromatic heterocycles. The average molecular weight is 305 g/mol. The van der Waals surface area contributed by atoms with Crippen molar-refractivity contribution in [3.8, 4) is 0 Å². The average Bonchev–Trinajstić information content (AvgIpc) is 2.49. The number of nitrogens with zero attached hydrogens (tertiary/aromatic N) is 3. The van der Waals surface area contributed by atoms with Crippen molar-refractivity contribution in [2.45, 2.75) is 27.2 Å². The monoisotopic (exact) mass is 305 g/mol. The molecule has 2 aromatic rings. The minimum atomic E-state index is 0. The van der Waals surface area contributed by atoms with Gasteiger partial charge < -0.3 is 10.8 Å². The van der Waals surface area contributed by atoms with Gasteiger partial charge in [-0.2, -0.15) is 0 Å². The number of aromatic nitrogens is 2. The first kappa shape index (κ1) is 19.8. The van der Waals surface area contributed by atoms with Crippen LogP contribution in [0.25, 0.3) is 0 Å². The van der Waals surface area contributed by atoms with Crippen molar-refractivity contribution < 1.29 is 5.11 Å². The van der Waals surface area contributed by atoms with Crippen LogP contribution in [-0.4, -0.2) is 28.7 Å². The lowest BCUT2D eigenvalue weighted by Gasteiger charge is -2.12. The van der Waals surface area contributed by atoms with Gasteiger partial charge in [0.15, 0.2) is 5.82 Å². The Morgan fingerprint density at radius 2 is 1.86 bits per heavy atom. The lowest BCUT2D eigenvalue weighted by Crippen LogP contribution is -2.27. The molecule has 0 fully saturated rings. The molecule has 0 aliphatic heterocycles. The zero-order valence-electron chi connectivity index (χ0n) is 12.5. The number of benzene rings is 1. The van der Waals surface area contributed by atoms with Crippen LogP contribution in [0.5, 0.6) is 0 Å². The maximum atomic E-state index is 8.53. The quantitative estimate of drug-likeness (QED) is 0.589. The minimum absolute atomic E-state index is 0. The number of rotatable bonds is 4. The molecule has 2 rings (SSSR count). The molecule has 0 saturated carbocycles. The van der Waals surface area contributed by atoms with E-state index >= 15 is 0 Å². The van der Waals surface area contributed by atoms with Crippen molar-refractivity contribution in [3.63, 3.8) is 0 Å². The minimum Gasteiger partial charge on any atom is -0.396 e. The molecule has 5 N–H and O–H groups in total. The van der Waals surface area contributed by atoms with Gasteiger partial charge >= 0.3 is 0 Å². The summed E-state index contributed by atoms with van der Waals surface area (Å²) in [4.78, 5) is 7.94. The van der Waals surface area contributed by atoms with Crippen molar-refractivity contribution in [2.75, 3.05) is 24.4 Å². The van der Waals surface area contributed by atoms with Gasteiger partial charge in [0.05, 0.1) is 11.9 Å². The summed E-state index contributed by atoms with van der Waals surface area (Å²) < 4.78 is 0. The Kier molecular flexibility index (Phi) is 9.49. The highest BCUT2D eigenvalue weighted by molar-refractivity contribution is 5.59. The van der Waals surface area contributed by atoms with Gasteiger partial charge in [0, 0.05) is 13.7 Å². The van der Waals surface area contributed by atoms with Crippen LogP contribution >= 0.6 is 0 Å². The number of nitrogen functional groups attached to an aromatic ring is 1. The number of hydrogen-bond donors (Lipinski definition) is 3. The van der Waals surface area contributed by atoms with Crippen LogP contribution in [0.1, 0.15) is 25.2 Å². The van der Waals surface area contributed by atoms with Gasteiger partial charge in [-0.1, -0.05) is 37.8 Å². The Morgan fingerprint density at radius 3 is 2.36 bits per heavy atom. The van der Waals surface area contributed by atoms with Crippen molar-refractivity contribution in [2.24, 2.45) is 5.84 Å². The zero-order valence-corrected chi connectivity index (χ0v) is 12.5. The van der Waals surface area contributed by atoms with Gasteiger partial charge in [0.2, 0.25) is 0 Å². The third kappa shape index (κ3) is 7.01. The molecule has 0 amide bonds. The number of aliphatic hydroxyl groups is 1. The van der Waals surface area contributed by atoms with Crippen molar-refractivity contribution in [1.82, 2.24) is 9.97 Å². The van der Waals surface area contributed by atoms with Crippen molar-refractivity contribution in [1.29, 1.82) is 0 Å². The Morgan fingerprint density at radius 1 is 1.23 bits per heavy atom. The van der Waals surface area contributed by atoms with E-state index in [4.69, 9.17) is 16.7 Å². The van der Waals surface area contributed by atoms with E-state index in [0.29, 0.717) is 17.3 Å². The molecule has 0 radical (unpaired) electrons. The van der Waals surface area contributed by atoms with E-state index in [1.54, 1.807) is 20.2 Å². The van der Waals surface area contributed by atoms with Crippen LogP contribution in [0.2, 0.25) is 0 Å². The van der Waals surface area contributed by atoms with E-state index in [9.17, 15) is 0 Å². The largest absolute Gasteiger partial charge is 0.396 e. The Hall–Kier alpha value is -2.18. The predicted octanol–water partition coefficient (Wildman–Crippen LogP) is 1.92. The Balaban J connectivity index is 0.000000385. The molecular formula is C16H27N5O. The van der Waals surface area contributed by atoms with E-state index in [1.807, 2.05) is 18.2 Å². The number of hydrazine groups is 1. The molecule has 1 aromatic carbocycles.